The number of hydrogen-bond donors (Lipinski definition) is 0. The van der Waals surface area contributed by atoms with Crippen molar-refractivity contribution in [3.8, 4) is 0 Å². The minimum absolute atomic E-state index is 1.24. The molecule has 0 atom stereocenters. The van der Waals surface area contributed by atoms with Gasteiger partial charge in [-0.3, -0.25) is 0 Å². The maximum Gasteiger partial charge on any atom is -0.0254 e. The first-order valence-corrected chi connectivity index (χ1v) is 5.55. The molecule has 0 unspecified atom stereocenters. The zero-order chi connectivity index (χ0) is 11.4. The van der Waals surface area contributed by atoms with E-state index >= 15 is 0 Å². The summed E-state index contributed by atoms with van der Waals surface area (Å²) in [6.07, 6.45) is 4.30. The molecule has 0 saturated heterocycles. The average molecular weight is 208 g/mol. The van der Waals surface area contributed by atoms with E-state index in [1.807, 2.05) is 0 Å². The van der Waals surface area contributed by atoms with E-state index in [4.69, 9.17) is 0 Å². The highest BCUT2D eigenvalue weighted by atomic mass is 13.9. The van der Waals surface area contributed by atoms with Crippen molar-refractivity contribution in [2.45, 2.75) is 13.8 Å². The second-order valence-electron chi connectivity index (χ2n) is 4.16. The summed E-state index contributed by atoms with van der Waals surface area (Å²) in [6, 6.07) is 17.1. The third-order valence-corrected chi connectivity index (χ3v) is 2.59. The van der Waals surface area contributed by atoms with Crippen molar-refractivity contribution >= 4 is 12.2 Å². The normalized spacial score (nSPS) is 10.9. The molecule has 0 aromatic heterocycles. The number of hydrogen-bond acceptors (Lipinski definition) is 0. The van der Waals surface area contributed by atoms with Gasteiger partial charge in [-0.1, -0.05) is 71.8 Å². The first-order chi connectivity index (χ1) is 7.74. The van der Waals surface area contributed by atoms with E-state index in [9.17, 15) is 0 Å². The van der Waals surface area contributed by atoms with Crippen LogP contribution < -0.4 is 0 Å². The van der Waals surface area contributed by atoms with Crippen LogP contribution in [0.4, 0.5) is 0 Å². The molecule has 0 aliphatic rings. The molecule has 0 heterocycles. The van der Waals surface area contributed by atoms with Gasteiger partial charge >= 0.3 is 0 Å². The van der Waals surface area contributed by atoms with Crippen molar-refractivity contribution in [3.63, 3.8) is 0 Å². The molecular weight excluding hydrogens is 192 g/mol. The molecule has 0 fully saturated rings. The van der Waals surface area contributed by atoms with Gasteiger partial charge in [0.2, 0.25) is 0 Å². The van der Waals surface area contributed by atoms with Crippen LogP contribution in [0.15, 0.2) is 48.5 Å². The molecular formula is C16H16. The molecule has 0 aliphatic carbocycles. The summed E-state index contributed by atoms with van der Waals surface area (Å²) in [7, 11) is 0. The van der Waals surface area contributed by atoms with Crippen molar-refractivity contribution in [2.24, 2.45) is 0 Å². The van der Waals surface area contributed by atoms with Crippen molar-refractivity contribution in [3.05, 3.63) is 70.8 Å². The Balaban J connectivity index is 2.18. The van der Waals surface area contributed by atoms with E-state index in [0.717, 1.165) is 0 Å². The maximum atomic E-state index is 2.19. The summed E-state index contributed by atoms with van der Waals surface area (Å²) in [5.41, 5.74) is 5.09. The van der Waals surface area contributed by atoms with Gasteiger partial charge in [-0.25, -0.2) is 0 Å². The Kier molecular flexibility index (Phi) is 3.21. The summed E-state index contributed by atoms with van der Waals surface area (Å²) in [5, 5.41) is 0. The van der Waals surface area contributed by atoms with Crippen molar-refractivity contribution in [1.29, 1.82) is 0 Å². The fourth-order valence-corrected chi connectivity index (χ4v) is 1.64. The van der Waals surface area contributed by atoms with Gasteiger partial charge in [-0.2, -0.15) is 0 Å². The third-order valence-electron chi connectivity index (χ3n) is 2.59. The fourth-order valence-electron chi connectivity index (χ4n) is 1.64. The fraction of sp³-hybridized carbons (Fsp3) is 0.125. The van der Waals surface area contributed by atoms with Crippen LogP contribution in [0, 0.1) is 13.8 Å². The van der Waals surface area contributed by atoms with E-state index in [1.54, 1.807) is 0 Å². The molecule has 2 aromatic rings. The zero-order valence-corrected chi connectivity index (χ0v) is 9.77. The van der Waals surface area contributed by atoms with Crippen LogP contribution in [0.1, 0.15) is 22.3 Å². The van der Waals surface area contributed by atoms with Crippen LogP contribution >= 0.6 is 0 Å². The zero-order valence-electron chi connectivity index (χ0n) is 9.77. The Bertz CT molecular complexity index is 490. The van der Waals surface area contributed by atoms with Crippen molar-refractivity contribution in [2.75, 3.05) is 0 Å². The monoisotopic (exact) mass is 208 g/mol. The number of aryl methyl sites for hydroxylation is 2. The summed E-state index contributed by atoms with van der Waals surface area (Å²) >= 11 is 0. The Morgan fingerprint density at radius 1 is 0.688 bits per heavy atom. The second-order valence-corrected chi connectivity index (χ2v) is 4.16. The molecule has 80 valence electrons. The molecule has 0 bridgehead atoms. The van der Waals surface area contributed by atoms with E-state index in [0.29, 0.717) is 0 Å². The van der Waals surface area contributed by atoms with Gasteiger partial charge in [0.1, 0.15) is 0 Å². The highest BCUT2D eigenvalue weighted by Gasteiger charge is 1.89. The average Bonchev–Trinajstić information content (AvgIpc) is 2.28. The molecule has 0 saturated carbocycles. The van der Waals surface area contributed by atoms with E-state index in [2.05, 4.69) is 74.5 Å². The number of benzene rings is 2. The summed E-state index contributed by atoms with van der Waals surface area (Å²) in [5.74, 6) is 0. The number of rotatable bonds is 2. The molecule has 0 aliphatic heterocycles. The molecule has 2 aromatic carbocycles. The van der Waals surface area contributed by atoms with Gasteiger partial charge in [-0.05, 0) is 25.0 Å². The maximum absolute atomic E-state index is 2.19. The lowest BCUT2D eigenvalue weighted by Crippen LogP contribution is -1.76. The minimum Gasteiger partial charge on any atom is -0.0614 e. The van der Waals surface area contributed by atoms with Crippen LogP contribution in [-0.2, 0) is 0 Å². The SMILES string of the molecule is Cc1ccc(/C=C/c2cccc(C)c2)cc1. The Hall–Kier alpha value is -1.82. The highest BCUT2D eigenvalue weighted by molar-refractivity contribution is 5.69. The second kappa shape index (κ2) is 4.80. The van der Waals surface area contributed by atoms with Gasteiger partial charge in [0, 0.05) is 0 Å². The quantitative estimate of drug-likeness (QED) is 0.638. The van der Waals surface area contributed by atoms with Gasteiger partial charge in [-0.15, -0.1) is 0 Å². The van der Waals surface area contributed by atoms with E-state index < -0.39 is 0 Å². The molecule has 0 amide bonds. The summed E-state index contributed by atoms with van der Waals surface area (Å²) in [6.45, 7) is 4.22. The molecule has 0 heteroatoms. The first kappa shape index (κ1) is 10.7. The molecule has 0 spiro atoms. The standard InChI is InChI=1S/C16H16/c1-13-6-8-15(9-7-13)10-11-16-5-3-4-14(2)12-16/h3-12H,1-2H3/b11-10+. The van der Waals surface area contributed by atoms with Crippen LogP contribution in [-0.4, -0.2) is 0 Å². The molecule has 0 nitrogen and oxygen atoms in total. The van der Waals surface area contributed by atoms with Gasteiger partial charge in [0.05, 0.1) is 0 Å². The molecule has 2 rings (SSSR count). The molecule has 0 radical (unpaired) electrons. The minimum atomic E-state index is 1.24. The van der Waals surface area contributed by atoms with Gasteiger partial charge < -0.3 is 0 Å². The highest BCUT2D eigenvalue weighted by Crippen LogP contribution is 2.10. The van der Waals surface area contributed by atoms with Crippen LogP contribution in [0.2, 0.25) is 0 Å². The van der Waals surface area contributed by atoms with Gasteiger partial charge in [0.15, 0.2) is 0 Å². The Morgan fingerprint density at radius 3 is 2.06 bits per heavy atom. The Morgan fingerprint density at radius 2 is 1.38 bits per heavy atom. The largest absolute Gasteiger partial charge is 0.0614 e. The Labute approximate surface area is 97.3 Å². The predicted octanol–water partition coefficient (Wildman–Crippen LogP) is 4.47. The topological polar surface area (TPSA) is 0 Å². The smallest absolute Gasteiger partial charge is 0.0254 e. The molecule has 0 N–H and O–H groups in total. The first-order valence-electron chi connectivity index (χ1n) is 5.55. The van der Waals surface area contributed by atoms with Crippen molar-refractivity contribution in [1.82, 2.24) is 0 Å². The van der Waals surface area contributed by atoms with Crippen LogP contribution in [0.25, 0.3) is 12.2 Å². The van der Waals surface area contributed by atoms with Gasteiger partial charge in [0.25, 0.3) is 0 Å². The predicted molar refractivity (Wildman–Crippen MR) is 71.3 cm³/mol. The van der Waals surface area contributed by atoms with Crippen LogP contribution in [0.5, 0.6) is 0 Å². The van der Waals surface area contributed by atoms with E-state index in [1.165, 1.54) is 22.3 Å². The summed E-state index contributed by atoms with van der Waals surface area (Å²) < 4.78 is 0. The lowest BCUT2D eigenvalue weighted by Gasteiger charge is -1.97. The third kappa shape index (κ3) is 2.83. The van der Waals surface area contributed by atoms with Crippen LogP contribution in [0.3, 0.4) is 0 Å². The van der Waals surface area contributed by atoms with Crippen molar-refractivity contribution < 1.29 is 0 Å². The lowest BCUT2D eigenvalue weighted by atomic mass is 10.1. The molecule has 16 heavy (non-hydrogen) atoms. The van der Waals surface area contributed by atoms with E-state index in [-0.39, 0.29) is 0 Å². The lowest BCUT2D eigenvalue weighted by molar-refractivity contribution is 1.46. The summed E-state index contributed by atoms with van der Waals surface area (Å²) in [4.78, 5) is 0.